The minimum absolute atomic E-state index is 0.0675. The third kappa shape index (κ3) is 4.53. The number of fused-ring (bicyclic) bond motifs is 2. The number of pyridine rings is 1. The first-order valence-corrected chi connectivity index (χ1v) is 12.7. The summed E-state index contributed by atoms with van der Waals surface area (Å²) in [6, 6.07) is 8.43. The van der Waals surface area contributed by atoms with Crippen LogP contribution < -0.4 is 20.7 Å². The van der Waals surface area contributed by atoms with Crippen LogP contribution in [-0.4, -0.2) is 40.1 Å². The maximum Gasteiger partial charge on any atom is 0.182 e. The van der Waals surface area contributed by atoms with Gasteiger partial charge in [0.1, 0.15) is 34.3 Å². The molecule has 0 saturated carbocycles. The van der Waals surface area contributed by atoms with E-state index in [1.54, 1.807) is 0 Å². The number of hydrogen-bond acceptors (Lipinski definition) is 9. The standard InChI is InChI=1S/C26H31N7OS/c1-14(2)22-15(3)30-23(16(4)28-5)32-24(22)33-8-9-34-21-7-6-17(10-19(21)13-33)18-11-20-25(29-12-18)35-26(27)31-20/h6-7,10-12,14,16,28H,8-9,13H2,1-5H3,(H2,27,31)/t16-/m0/s1. The molecular formula is C26H31N7OS. The van der Waals surface area contributed by atoms with E-state index in [0.717, 1.165) is 56.7 Å². The maximum absolute atomic E-state index is 6.15. The van der Waals surface area contributed by atoms with Gasteiger partial charge in [-0.1, -0.05) is 31.3 Å². The number of thiazole rings is 1. The van der Waals surface area contributed by atoms with Crippen LogP contribution >= 0.6 is 11.3 Å². The first kappa shape index (κ1) is 23.4. The molecule has 0 saturated heterocycles. The summed E-state index contributed by atoms with van der Waals surface area (Å²) in [5, 5.41) is 3.80. The molecule has 1 aliphatic heterocycles. The molecule has 0 fully saturated rings. The maximum atomic E-state index is 6.15. The van der Waals surface area contributed by atoms with E-state index in [1.165, 1.54) is 16.9 Å². The molecule has 0 radical (unpaired) electrons. The van der Waals surface area contributed by atoms with Crippen LogP contribution in [-0.2, 0) is 6.54 Å². The number of hydrogen-bond donors (Lipinski definition) is 2. The summed E-state index contributed by atoms with van der Waals surface area (Å²) < 4.78 is 6.15. The van der Waals surface area contributed by atoms with Gasteiger partial charge in [-0.05, 0) is 50.6 Å². The molecule has 1 atom stereocenters. The molecule has 3 N–H and O–H groups in total. The summed E-state index contributed by atoms with van der Waals surface area (Å²) in [7, 11) is 1.93. The Kier molecular flexibility index (Phi) is 6.29. The van der Waals surface area contributed by atoms with Crippen LogP contribution in [0.15, 0.2) is 30.5 Å². The van der Waals surface area contributed by atoms with Gasteiger partial charge in [0.25, 0.3) is 0 Å². The predicted octanol–water partition coefficient (Wildman–Crippen LogP) is 4.84. The third-order valence-corrected chi connectivity index (χ3v) is 7.28. The van der Waals surface area contributed by atoms with E-state index in [0.29, 0.717) is 24.2 Å². The van der Waals surface area contributed by atoms with Crippen molar-refractivity contribution in [2.75, 3.05) is 30.8 Å². The van der Waals surface area contributed by atoms with Crippen LogP contribution in [0.1, 0.15) is 55.4 Å². The minimum Gasteiger partial charge on any atom is -0.491 e. The lowest BCUT2D eigenvalue weighted by Gasteiger charge is -2.27. The van der Waals surface area contributed by atoms with Crippen molar-refractivity contribution in [3.05, 3.63) is 53.1 Å². The lowest BCUT2D eigenvalue weighted by Crippen LogP contribution is -2.29. The van der Waals surface area contributed by atoms with E-state index in [4.69, 9.17) is 20.4 Å². The van der Waals surface area contributed by atoms with Gasteiger partial charge in [0.15, 0.2) is 5.13 Å². The van der Waals surface area contributed by atoms with Gasteiger partial charge in [-0.3, -0.25) is 0 Å². The zero-order chi connectivity index (χ0) is 24.7. The molecule has 0 bridgehead atoms. The van der Waals surface area contributed by atoms with Gasteiger partial charge in [-0.2, -0.15) is 0 Å². The summed E-state index contributed by atoms with van der Waals surface area (Å²) >= 11 is 1.40. The van der Waals surface area contributed by atoms with E-state index >= 15 is 0 Å². The molecule has 5 rings (SSSR count). The van der Waals surface area contributed by atoms with Crippen molar-refractivity contribution < 1.29 is 4.74 Å². The van der Waals surface area contributed by atoms with Crippen molar-refractivity contribution in [3.8, 4) is 16.9 Å². The molecule has 1 aromatic carbocycles. The van der Waals surface area contributed by atoms with Crippen LogP contribution in [0.3, 0.4) is 0 Å². The Morgan fingerprint density at radius 1 is 1.11 bits per heavy atom. The third-order valence-electron chi connectivity index (χ3n) is 6.47. The molecule has 0 unspecified atom stereocenters. The average molecular weight is 490 g/mol. The Bertz CT molecular complexity index is 1380. The molecule has 3 aromatic heterocycles. The van der Waals surface area contributed by atoms with Crippen molar-refractivity contribution in [1.82, 2.24) is 25.3 Å². The highest BCUT2D eigenvalue weighted by molar-refractivity contribution is 7.21. The fourth-order valence-electron chi connectivity index (χ4n) is 4.58. The largest absolute Gasteiger partial charge is 0.491 e. The number of aryl methyl sites for hydroxylation is 1. The zero-order valence-electron chi connectivity index (χ0n) is 20.8. The van der Waals surface area contributed by atoms with Gasteiger partial charge >= 0.3 is 0 Å². The number of rotatable bonds is 5. The van der Waals surface area contributed by atoms with Crippen molar-refractivity contribution in [1.29, 1.82) is 0 Å². The SMILES string of the molecule is CN[C@@H](C)c1nc(C)c(C(C)C)c(N2CCOc3ccc(-c4cnc5sc(N)nc5c4)cc3C2)n1. The van der Waals surface area contributed by atoms with Crippen molar-refractivity contribution in [2.45, 2.75) is 46.2 Å². The van der Waals surface area contributed by atoms with E-state index in [9.17, 15) is 0 Å². The second-order valence-corrected chi connectivity index (χ2v) is 10.3. The summed E-state index contributed by atoms with van der Waals surface area (Å²) in [6.07, 6.45) is 1.88. The molecule has 9 heteroatoms. The van der Waals surface area contributed by atoms with Gasteiger partial charge in [-0.25, -0.2) is 19.9 Å². The Balaban J connectivity index is 1.54. The number of anilines is 2. The van der Waals surface area contributed by atoms with Crippen LogP contribution in [0.4, 0.5) is 10.9 Å². The predicted molar refractivity (Wildman–Crippen MR) is 142 cm³/mol. The molecule has 1 aliphatic rings. The molecule has 0 amide bonds. The zero-order valence-corrected chi connectivity index (χ0v) is 21.6. The summed E-state index contributed by atoms with van der Waals surface area (Å²) in [5.41, 5.74) is 12.1. The number of nitrogens with one attached hydrogen (secondary N) is 1. The first-order valence-electron chi connectivity index (χ1n) is 11.9. The van der Waals surface area contributed by atoms with Crippen LogP contribution in [0.2, 0.25) is 0 Å². The van der Waals surface area contributed by atoms with Crippen molar-refractivity contribution in [2.24, 2.45) is 0 Å². The average Bonchev–Trinajstić information content (AvgIpc) is 3.08. The lowest BCUT2D eigenvalue weighted by molar-refractivity contribution is 0.331. The van der Waals surface area contributed by atoms with Crippen LogP contribution in [0, 0.1) is 6.92 Å². The fourth-order valence-corrected chi connectivity index (χ4v) is 5.24. The van der Waals surface area contributed by atoms with E-state index in [-0.39, 0.29) is 6.04 Å². The molecule has 182 valence electrons. The highest BCUT2D eigenvalue weighted by Crippen LogP contribution is 2.35. The Labute approximate surface area is 209 Å². The summed E-state index contributed by atoms with van der Waals surface area (Å²) in [5.74, 6) is 3.02. The van der Waals surface area contributed by atoms with Gasteiger partial charge in [0, 0.05) is 35.1 Å². The number of benzene rings is 1. The topological polar surface area (TPSA) is 102 Å². The monoisotopic (exact) mass is 489 g/mol. The van der Waals surface area contributed by atoms with E-state index < -0.39 is 0 Å². The second-order valence-electron chi connectivity index (χ2n) is 9.26. The minimum atomic E-state index is 0.0675. The second kappa shape index (κ2) is 9.39. The van der Waals surface area contributed by atoms with E-state index in [2.05, 4.69) is 66.1 Å². The summed E-state index contributed by atoms with van der Waals surface area (Å²) in [6.45, 7) is 10.6. The first-order chi connectivity index (χ1) is 16.8. The number of nitrogen functional groups attached to an aromatic ring is 1. The van der Waals surface area contributed by atoms with E-state index in [1.807, 2.05) is 19.3 Å². The van der Waals surface area contributed by atoms with Crippen LogP contribution in [0.5, 0.6) is 5.75 Å². The van der Waals surface area contributed by atoms with Crippen molar-refractivity contribution in [3.63, 3.8) is 0 Å². The quantitative estimate of drug-likeness (QED) is 0.411. The molecule has 8 nitrogen and oxygen atoms in total. The molecule has 0 aliphatic carbocycles. The number of nitrogens with zero attached hydrogens (tertiary/aromatic N) is 5. The number of nitrogens with two attached hydrogens (primary N) is 1. The molecular weight excluding hydrogens is 458 g/mol. The molecule has 4 heterocycles. The molecule has 4 aromatic rings. The Morgan fingerprint density at radius 3 is 2.71 bits per heavy atom. The Hall–Kier alpha value is -3.30. The van der Waals surface area contributed by atoms with Crippen molar-refractivity contribution >= 4 is 32.6 Å². The Morgan fingerprint density at radius 2 is 1.94 bits per heavy atom. The lowest BCUT2D eigenvalue weighted by atomic mass is 10.0. The number of ether oxygens (including phenoxy) is 1. The summed E-state index contributed by atoms with van der Waals surface area (Å²) in [4.78, 5) is 22.0. The van der Waals surface area contributed by atoms with Gasteiger partial charge in [0.2, 0.25) is 0 Å². The van der Waals surface area contributed by atoms with Gasteiger partial charge in [-0.15, -0.1) is 0 Å². The number of aromatic nitrogens is 4. The highest BCUT2D eigenvalue weighted by atomic mass is 32.1. The van der Waals surface area contributed by atoms with Gasteiger partial charge < -0.3 is 20.7 Å². The highest BCUT2D eigenvalue weighted by Gasteiger charge is 2.24. The normalized spacial score (nSPS) is 14.6. The fraction of sp³-hybridized carbons (Fsp3) is 0.385. The van der Waals surface area contributed by atoms with Crippen LogP contribution in [0.25, 0.3) is 21.5 Å². The molecule has 35 heavy (non-hydrogen) atoms. The van der Waals surface area contributed by atoms with Gasteiger partial charge in [0.05, 0.1) is 12.6 Å². The molecule has 0 spiro atoms. The smallest absolute Gasteiger partial charge is 0.182 e.